The van der Waals surface area contributed by atoms with E-state index in [1.165, 1.54) is 6.92 Å². The normalized spacial score (nSPS) is 30.9. The molecule has 2 heterocycles. The molecule has 0 spiro atoms. The van der Waals surface area contributed by atoms with Crippen LogP contribution in [0.3, 0.4) is 0 Å². The molecular weight excluding hydrogens is 342 g/mol. The smallest absolute Gasteiger partial charge is 0.245 e. The minimum Gasteiger partial charge on any atom is -0.338 e. The van der Waals surface area contributed by atoms with Gasteiger partial charge in [-0.05, 0) is 18.4 Å². The standard InChI is InChI=1S/C21H27N3O3/c1-14(25)24-19(15-6-3-2-4-7-15)18-16(8-5-9-17(18)26)20(24)21(27)23-12-10-22-11-13-23/h2-4,6-7,16,18-20,22H,5,8-13H2,1H3. The van der Waals surface area contributed by atoms with E-state index >= 15 is 0 Å². The number of fused-ring (bicyclic) bond motifs is 1. The lowest BCUT2D eigenvalue weighted by atomic mass is 9.73. The van der Waals surface area contributed by atoms with Gasteiger partial charge in [0.1, 0.15) is 11.8 Å². The van der Waals surface area contributed by atoms with Crippen LogP contribution in [0.1, 0.15) is 37.8 Å². The zero-order chi connectivity index (χ0) is 19.0. The van der Waals surface area contributed by atoms with Crippen molar-refractivity contribution in [3.8, 4) is 0 Å². The summed E-state index contributed by atoms with van der Waals surface area (Å²) in [7, 11) is 0. The van der Waals surface area contributed by atoms with E-state index in [0.717, 1.165) is 31.5 Å². The van der Waals surface area contributed by atoms with E-state index in [0.29, 0.717) is 19.5 Å². The number of ketones is 1. The Morgan fingerprint density at radius 3 is 2.48 bits per heavy atom. The molecule has 0 bridgehead atoms. The zero-order valence-electron chi connectivity index (χ0n) is 15.8. The Labute approximate surface area is 159 Å². The first kappa shape index (κ1) is 18.2. The van der Waals surface area contributed by atoms with Crippen LogP contribution >= 0.6 is 0 Å². The molecule has 2 saturated heterocycles. The number of amides is 2. The number of nitrogens with zero attached hydrogens (tertiary/aromatic N) is 2. The van der Waals surface area contributed by atoms with Gasteiger partial charge in [0, 0.05) is 51.4 Å². The van der Waals surface area contributed by atoms with Crippen LogP contribution < -0.4 is 5.32 Å². The summed E-state index contributed by atoms with van der Waals surface area (Å²) in [4.78, 5) is 42.6. The van der Waals surface area contributed by atoms with Crippen LogP contribution in [0.4, 0.5) is 0 Å². The molecule has 2 aliphatic heterocycles. The average molecular weight is 369 g/mol. The van der Waals surface area contributed by atoms with Crippen molar-refractivity contribution in [3.63, 3.8) is 0 Å². The second-order valence-corrected chi connectivity index (χ2v) is 7.85. The van der Waals surface area contributed by atoms with Crippen molar-refractivity contribution >= 4 is 17.6 Å². The molecule has 4 atom stereocenters. The van der Waals surface area contributed by atoms with Gasteiger partial charge in [0.05, 0.1) is 6.04 Å². The summed E-state index contributed by atoms with van der Waals surface area (Å²) in [5, 5.41) is 3.26. The molecule has 1 saturated carbocycles. The van der Waals surface area contributed by atoms with Gasteiger partial charge in [0.25, 0.3) is 0 Å². The second kappa shape index (κ2) is 7.43. The predicted molar refractivity (Wildman–Crippen MR) is 101 cm³/mol. The van der Waals surface area contributed by atoms with Crippen molar-refractivity contribution in [2.45, 2.75) is 38.3 Å². The van der Waals surface area contributed by atoms with Gasteiger partial charge in [0.2, 0.25) is 11.8 Å². The first-order valence-corrected chi connectivity index (χ1v) is 9.95. The summed E-state index contributed by atoms with van der Waals surface area (Å²) in [6.07, 6.45) is 2.18. The van der Waals surface area contributed by atoms with Gasteiger partial charge in [0.15, 0.2) is 0 Å². The Morgan fingerprint density at radius 1 is 1.11 bits per heavy atom. The molecule has 144 valence electrons. The van der Waals surface area contributed by atoms with Crippen molar-refractivity contribution in [1.82, 2.24) is 15.1 Å². The van der Waals surface area contributed by atoms with Crippen LogP contribution in [0.15, 0.2) is 30.3 Å². The summed E-state index contributed by atoms with van der Waals surface area (Å²) in [6.45, 7) is 4.38. The SMILES string of the molecule is CC(=O)N1C(C(=O)N2CCNCC2)C2CCCC(=O)C2C1c1ccccc1. The second-order valence-electron chi connectivity index (χ2n) is 7.85. The maximum absolute atomic E-state index is 13.4. The number of carbonyl (C=O) groups excluding carboxylic acids is 3. The largest absolute Gasteiger partial charge is 0.338 e. The third-order valence-corrected chi connectivity index (χ3v) is 6.33. The van der Waals surface area contributed by atoms with Crippen LogP contribution in [0.25, 0.3) is 0 Å². The Balaban J connectivity index is 1.76. The maximum atomic E-state index is 13.4. The Hall–Kier alpha value is -2.21. The molecule has 6 nitrogen and oxygen atoms in total. The number of hydrogen-bond donors (Lipinski definition) is 1. The average Bonchev–Trinajstić information content (AvgIpc) is 3.05. The number of hydrogen-bond acceptors (Lipinski definition) is 4. The number of carbonyl (C=O) groups is 3. The Bertz CT molecular complexity index is 729. The number of rotatable bonds is 2. The van der Waals surface area contributed by atoms with Gasteiger partial charge < -0.3 is 15.1 Å². The van der Waals surface area contributed by atoms with E-state index in [2.05, 4.69) is 5.32 Å². The highest BCUT2D eigenvalue weighted by Crippen LogP contribution is 2.50. The Morgan fingerprint density at radius 2 is 1.81 bits per heavy atom. The Kier molecular flexibility index (Phi) is 5.00. The number of likely N-dealkylation sites (tertiary alicyclic amines) is 1. The van der Waals surface area contributed by atoms with E-state index in [4.69, 9.17) is 0 Å². The van der Waals surface area contributed by atoms with Crippen molar-refractivity contribution in [2.24, 2.45) is 11.8 Å². The fraction of sp³-hybridized carbons (Fsp3) is 0.571. The molecule has 1 aromatic carbocycles. The van der Waals surface area contributed by atoms with E-state index in [1.54, 1.807) is 4.90 Å². The lowest BCUT2D eigenvalue weighted by Gasteiger charge is -2.36. The lowest BCUT2D eigenvalue weighted by Crippen LogP contribution is -2.55. The zero-order valence-corrected chi connectivity index (χ0v) is 15.8. The van der Waals surface area contributed by atoms with Gasteiger partial charge in [-0.2, -0.15) is 0 Å². The van der Waals surface area contributed by atoms with E-state index < -0.39 is 6.04 Å². The van der Waals surface area contributed by atoms with Crippen LogP contribution in [-0.2, 0) is 14.4 Å². The van der Waals surface area contributed by atoms with Gasteiger partial charge in [-0.25, -0.2) is 0 Å². The molecule has 2 amide bonds. The van der Waals surface area contributed by atoms with Crippen molar-refractivity contribution in [3.05, 3.63) is 35.9 Å². The van der Waals surface area contributed by atoms with Crippen LogP contribution in [0, 0.1) is 11.8 Å². The van der Waals surface area contributed by atoms with Gasteiger partial charge in [-0.15, -0.1) is 0 Å². The molecule has 1 N–H and O–H groups in total. The summed E-state index contributed by atoms with van der Waals surface area (Å²) in [5.41, 5.74) is 0.952. The van der Waals surface area contributed by atoms with E-state index in [9.17, 15) is 14.4 Å². The van der Waals surface area contributed by atoms with E-state index in [-0.39, 0.29) is 35.5 Å². The molecule has 27 heavy (non-hydrogen) atoms. The summed E-state index contributed by atoms with van der Waals surface area (Å²) in [5.74, 6) is -0.277. The topological polar surface area (TPSA) is 69.7 Å². The molecular formula is C21H27N3O3. The third-order valence-electron chi connectivity index (χ3n) is 6.33. The molecule has 1 aliphatic carbocycles. The molecule has 4 rings (SSSR count). The number of Topliss-reactive ketones (excluding diaryl/α,β-unsaturated/α-hetero) is 1. The highest BCUT2D eigenvalue weighted by molar-refractivity contribution is 5.92. The molecule has 6 heteroatoms. The number of nitrogens with one attached hydrogen (secondary N) is 1. The summed E-state index contributed by atoms with van der Waals surface area (Å²) >= 11 is 0. The molecule has 0 radical (unpaired) electrons. The molecule has 4 unspecified atom stereocenters. The maximum Gasteiger partial charge on any atom is 0.245 e. The first-order valence-electron chi connectivity index (χ1n) is 9.95. The lowest BCUT2D eigenvalue weighted by molar-refractivity contribution is -0.146. The fourth-order valence-corrected chi connectivity index (χ4v) is 5.20. The monoisotopic (exact) mass is 369 g/mol. The van der Waals surface area contributed by atoms with E-state index in [1.807, 2.05) is 35.2 Å². The minimum absolute atomic E-state index is 0.00910. The van der Waals surface area contributed by atoms with Crippen LogP contribution in [0.5, 0.6) is 0 Å². The molecule has 0 aromatic heterocycles. The first-order chi connectivity index (χ1) is 13.1. The van der Waals surface area contributed by atoms with Crippen LogP contribution in [0.2, 0.25) is 0 Å². The van der Waals surface area contributed by atoms with Crippen LogP contribution in [-0.4, -0.2) is 59.6 Å². The summed E-state index contributed by atoms with van der Waals surface area (Å²) < 4.78 is 0. The van der Waals surface area contributed by atoms with Gasteiger partial charge in [-0.3, -0.25) is 14.4 Å². The van der Waals surface area contributed by atoms with Crippen molar-refractivity contribution in [2.75, 3.05) is 26.2 Å². The highest BCUT2D eigenvalue weighted by atomic mass is 16.2. The predicted octanol–water partition coefficient (Wildman–Crippen LogP) is 1.38. The summed E-state index contributed by atoms with van der Waals surface area (Å²) in [6, 6.07) is 8.87. The highest BCUT2D eigenvalue weighted by Gasteiger charge is 2.57. The van der Waals surface area contributed by atoms with Crippen molar-refractivity contribution < 1.29 is 14.4 Å². The molecule has 3 aliphatic rings. The van der Waals surface area contributed by atoms with Crippen molar-refractivity contribution in [1.29, 1.82) is 0 Å². The number of benzene rings is 1. The number of piperazine rings is 1. The molecule has 1 aromatic rings. The van der Waals surface area contributed by atoms with Gasteiger partial charge in [-0.1, -0.05) is 30.3 Å². The minimum atomic E-state index is -0.528. The molecule has 3 fully saturated rings. The fourth-order valence-electron chi connectivity index (χ4n) is 5.20. The quantitative estimate of drug-likeness (QED) is 0.855. The third kappa shape index (κ3) is 3.16. The van der Waals surface area contributed by atoms with Gasteiger partial charge >= 0.3 is 0 Å².